The van der Waals surface area contributed by atoms with Gasteiger partial charge in [0.15, 0.2) is 5.82 Å². The maximum Gasteiger partial charge on any atom is 0.459 e. The van der Waals surface area contributed by atoms with Gasteiger partial charge in [-0.15, -0.1) is 0 Å². The van der Waals surface area contributed by atoms with Crippen LogP contribution in [0.2, 0.25) is 5.02 Å². The third-order valence-electron chi connectivity index (χ3n) is 6.86. The Hall–Kier alpha value is -3.21. The van der Waals surface area contributed by atoms with Gasteiger partial charge in [-0.05, 0) is 70.9 Å². The molecule has 0 spiro atoms. The van der Waals surface area contributed by atoms with E-state index in [4.69, 9.17) is 40.8 Å². The Kier molecular flexibility index (Phi) is 11.6. The van der Waals surface area contributed by atoms with E-state index in [1.54, 1.807) is 45.0 Å². The van der Waals surface area contributed by atoms with Gasteiger partial charge in [-0.1, -0.05) is 43.1 Å². The third-order valence-corrected chi connectivity index (χ3v) is 8.79. The maximum absolute atomic E-state index is 14.1. The van der Waals surface area contributed by atoms with E-state index in [1.807, 2.05) is 31.2 Å². The first-order valence-corrected chi connectivity index (χ1v) is 16.8. The molecule has 3 atom stereocenters. The number of hydrogen-bond donors (Lipinski definition) is 2. The quantitative estimate of drug-likeness (QED) is 0.0948. The number of halogens is 1. The highest BCUT2D eigenvalue weighted by Gasteiger charge is 2.33. The lowest BCUT2D eigenvalue weighted by molar-refractivity contribution is -0.149. The minimum atomic E-state index is -4.06. The SMILES string of the molecule is CCC[C@@H](CCO[P@](=O)(N[C@@H](C)C(=O)OC(C)C)Oc1ccc(Cl)cc1)n1c(COCC)nc2c(N)nc3ccccc3c21. The molecule has 4 aromatic rings. The lowest BCUT2D eigenvalue weighted by Crippen LogP contribution is -2.36. The number of esters is 1. The van der Waals surface area contributed by atoms with Crippen molar-refractivity contribution in [2.75, 3.05) is 18.9 Å². The summed E-state index contributed by atoms with van der Waals surface area (Å²) in [4.78, 5) is 22.0. The number of para-hydroxylation sites is 1. The summed E-state index contributed by atoms with van der Waals surface area (Å²) in [6.07, 6.45) is 1.76. The Bertz CT molecular complexity index is 1610. The lowest BCUT2D eigenvalue weighted by Gasteiger charge is -2.25. The molecule has 0 amide bonds. The molecule has 0 aliphatic heterocycles. The predicted molar refractivity (Wildman–Crippen MR) is 173 cm³/mol. The van der Waals surface area contributed by atoms with Crippen molar-refractivity contribution in [2.45, 2.75) is 78.7 Å². The maximum atomic E-state index is 14.1. The van der Waals surface area contributed by atoms with Crippen LogP contribution in [0.1, 0.15) is 65.7 Å². The van der Waals surface area contributed by atoms with Crippen LogP contribution in [0.5, 0.6) is 5.75 Å². The van der Waals surface area contributed by atoms with Crippen molar-refractivity contribution < 1.29 is 27.9 Å². The summed E-state index contributed by atoms with van der Waals surface area (Å²) in [5.41, 5.74) is 8.63. The molecular weight excluding hydrogens is 605 g/mol. The van der Waals surface area contributed by atoms with Crippen LogP contribution in [-0.4, -0.2) is 45.9 Å². The second kappa shape index (κ2) is 15.2. The number of aromatic nitrogens is 3. The van der Waals surface area contributed by atoms with Crippen molar-refractivity contribution in [3.63, 3.8) is 0 Å². The normalized spacial score (nSPS) is 14.5. The van der Waals surface area contributed by atoms with Gasteiger partial charge in [0, 0.05) is 23.1 Å². The van der Waals surface area contributed by atoms with Crippen molar-refractivity contribution in [1.82, 2.24) is 19.6 Å². The summed E-state index contributed by atoms with van der Waals surface area (Å²) in [6.45, 7) is 9.91. The number of ether oxygens (including phenoxy) is 2. The number of rotatable bonds is 16. The molecule has 4 rings (SSSR count). The highest BCUT2D eigenvalue weighted by Crippen LogP contribution is 2.46. The average molecular weight is 646 g/mol. The van der Waals surface area contributed by atoms with Gasteiger partial charge in [-0.3, -0.25) is 9.32 Å². The fourth-order valence-corrected chi connectivity index (χ4v) is 6.58. The molecule has 0 bridgehead atoms. The van der Waals surface area contributed by atoms with E-state index in [2.05, 4.69) is 21.6 Å². The van der Waals surface area contributed by atoms with Gasteiger partial charge in [-0.25, -0.2) is 14.5 Å². The Morgan fingerprint density at radius 1 is 1.07 bits per heavy atom. The topological polar surface area (TPSA) is 140 Å². The second-order valence-electron chi connectivity index (χ2n) is 10.7. The molecule has 0 saturated heterocycles. The second-order valence-corrected chi connectivity index (χ2v) is 12.8. The van der Waals surface area contributed by atoms with Gasteiger partial charge >= 0.3 is 13.7 Å². The first kappa shape index (κ1) is 33.7. The minimum absolute atomic E-state index is 0.0424. The first-order valence-electron chi connectivity index (χ1n) is 14.9. The fraction of sp³-hybridized carbons (Fsp3) is 0.452. The smallest absolute Gasteiger partial charge is 0.459 e. The van der Waals surface area contributed by atoms with E-state index >= 15 is 0 Å². The van der Waals surface area contributed by atoms with Crippen LogP contribution in [0.3, 0.4) is 0 Å². The van der Waals surface area contributed by atoms with E-state index in [9.17, 15) is 9.36 Å². The summed E-state index contributed by atoms with van der Waals surface area (Å²) in [5, 5.41) is 4.16. The largest absolute Gasteiger partial charge is 0.462 e. The van der Waals surface area contributed by atoms with Crippen molar-refractivity contribution >= 4 is 53.1 Å². The molecule has 238 valence electrons. The number of nitrogen functional groups attached to an aromatic ring is 1. The Labute approximate surface area is 263 Å². The summed E-state index contributed by atoms with van der Waals surface area (Å²) in [6, 6.07) is 13.1. The molecule has 44 heavy (non-hydrogen) atoms. The number of fused-ring (bicyclic) bond motifs is 3. The van der Waals surface area contributed by atoms with Crippen molar-refractivity contribution in [2.24, 2.45) is 0 Å². The van der Waals surface area contributed by atoms with Gasteiger partial charge < -0.3 is 24.3 Å². The van der Waals surface area contributed by atoms with E-state index in [1.165, 1.54) is 0 Å². The number of benzene rings is 2. The zero-order valence-electron chi connectivity index (χ0n) is 25.8. The van der Waals surface area contributed by atoms with Gasteiger partial charge in [0.25, 0.3) is 0 Å². The van der Waals surface area contributed by atoms with Crippen LogP contribution in [-0.2, 0) is 30.0 Å². The number of nitrogens with zero attached hydrogens (tertiary/aromatic N) is 3. The first-order chi connectivity index (χ1) is 21.0. The number of imidazole rings is 1. The molecule has 3 N–H and O–H groups in total. The number of hydrogen-bond acceptors (Lipinski definition) is 9. The predicted octanol–water partition coefficient (Wildman–Crippen LogP) is 7.22. The van der Waals surface area contributed by atoms with Crippen molar-refractivity contribution in [3.05, 3.63) is 59.4 Å². The van der Waals surface area contributed by atoms with Crippen LogP contribution >= 0.6 is 19.3 Å². The van der Waals surface area contributed by atoms with Gasteiger partial charge in [0.2, 0.25) is 0 Å². The van der Waals surface area contributed by atoms with Crippen molar-refractivity contribution in [1.29, 1.82) is 0 Å². The van der Waals surface area contributed by atoms with E-state index < -0.39 is 19.8 Å². The minimum Gasteiger partial charge on any atom is -0.462 e. The zero-order chi connectivity index (χ0) is 31.9. The molecule has 0 aliphatic carbocycles. The summed E-state index contributed by atoms with van der Waals surface area (Å²) < 4.78 is 39.1. The number of anilines is 1. The van der Waals surface area contributed by atoms with E-state index in [0.717, 1.165) is 29.3 Å². The summed E-state index contributed by atoms with van der Waals surface area (Å²) in [5.74, 6) is 0.757. The molecule has 2 heterocycles. The van der Waals surface area contributed by atoms with Crippen LogP contribution in [0, 0.1) is 0 Å². The Balaban J connectivity index is 1.66. The standard InChI is InChI=1S/C31H41ClN5O6P/c1-6-10-23(37-27(19-40-7-2)35-28-29(37)25-11-8-9-12-26(25)34-30(28)33)17-18-41-44(39,36-21(5)31(38)42-20(3)4)43-24-15-13-22(32)14-16-24/h8-9,11-16,20-21,23H,6-7,10,17-19H2,1-5H3,(H2,33,34)(H,36,39)/t21-,23-,44+/m0/s1. The fourth-order valence-electron chi connectivity index (χ4n) is 4.95. The average Bonchev–Trinajstić information content (AvgIpc) is 3.36. The molecule has 2 aromatic carbocycles. The Morgan fingerprint density at radius 3 is 2.48 bits per heavy atom. The molecule has 0 fully saturated rings. The molecule has 0 unspecified atom stereocenters. The van der Waals surface area contributed by atoms with Crippen LogP contribution in [0.4, 0.5) is 5.82 Å². The molecule has 2 aromatic heterocycles. The Morgan fingerprint density at radius 2 is 1.80 bits per heavy atom. The highest BCUT2D eigenvalue weighted by atomic mass is 35.5. The number of nitrogens with one attached hydrogen (secondary N) is 1. The number of pyridine rings is 1. The highest BCUT2D eigenvalue weighted by molar-refractivity contribution is 7.52. The molecule has 0 radical (unpaired) electrons. The molecule has 13 heteroatoms. The monoisotopic (exact) mass is 645 g/mol. The van der Waals surface area contributed by atoms with Crippen LogP contribution in [0.15, 0.2) is 48.5 Å². The van der Waals surface area contributed by atoms with E-state index in [-0.39, 0.29) is 31.1 Å². The van der Waals surface area contributed by atoms with Gasteiger partial charge in [-0.2, -0.15) is 5.09 Å². The summed E-state index contributed by atoms with van der Waals surface area (Å²) in [7, 11) is -4.06. The number of carbonyl (C=O) groups is 1. The molecule has 11 nitrogen and oxygen atoms in total. The third kappa shape index (κ3) is 8.28. The molecular formula is C31H41ClN5O6P. The number of carbonyl (C=O) groups excluding carboxylic acids is 1. The van der Waals surface area contributed by atoms with Gasteiger partial charge in [0.1, 0.15) is 29.7 Å². The lowest BCUT2D eigenvalue weighted by atomic mass is 10.1. The molecule has 0 aliphatic rings. The molecule has 0 saturated carbocycles. The summed E-state index contributed by atoms with van der Waals surface area (Å²) >= 11 is 6.03. The van der Waals surface area contributed by atoms with Crippen molar-refractivity contribution in [3.8, 4) is 5.75 Å². The van der Waals surface area contributed by atoms with E-state index in [0.29, 0.717) is 35.2 Å². The van der Waals surface area contributed by atoms with Crippen LogP contribution < -0.4 is 15.3 Å². The van der Waals surface area contributed by atoms with Gasteiger partial charge in [0.05, 0.1) is 23.7 Å². The van der Waals surface area contributed by atoms with Crippen LogP contribution in [0.25, 0.3) is 21.9 Å². The number of nitrogens with two attached hydrogens (primary N) is 1. The zero-order valence-corrected chi connectivity index (χ0v) is 27.4.